The summed E-state index contributed by atoms with van der Waals surface area (Å²) in [5, 5.41) is 0.194. The number of aromatic nitrogens is 1. The molecule has 1 heterocycles. The minimum atomic E-state index is -4.70. The highest BCUT2D eigenvalue weighted by Crippen LogP contribution is 2.27. The second-order valence-corrected chi connectivity index (χ2v) is 10.2. The first-order chi connectivity index (χ1) is 18.1. The standard InChI is InChI=1S/C30H30ClF3N2O2.ClH/c1-20-27(29(37)28(31)21(2)35-20)25-13-9-22(10-14-25)8-5-17-36(18-23-6-3-4-7-23)19-24-11-15-26(16-12-24)38-30(32,33)34;/h9-16,23H,3-4,6-7,17-19H2,1-2H3,(H,35,37);1H. The summed E-state index contributed by atoms with van der Waals surface area (Å²) in [6.45, 7) is 5.64. The average molecular weight is 579 g/mol. The molecule has 0 aliphatic heterocycles. The van der Waals surface area contributed by atoms with Crippen LogP contribution in [0.5, 0.6) is 5.75 Å². The Morgan fingerprint density at radius 3 is 2.28 bits per heavy atom. The molecule has 2 aromatic carbocycles. The van der Waals surface area contributed by atoms with E-state index in [4.69, 9.17) is 11.6 Å². The van der Waals surface area contributed by atoms with Gasteiger partial charge >= 0.3 is 6.36 Å². The zero-order valence-corrected chi connectivity index (χ0v) is 23.4. The van der Waals surface area contributed by atoms with Gasteiger partial charge in [-0.15, -0.1) is 25.6 Å². The van der Waals surface area contributed by atoms with Crippen molar-refractivity contribution in [1.82, 2.24) is 9.88 Å². The van der Waals surface area contributed by atoms with Crippen LogP contribution < -0.4 is 10.2 Å². The number of pyridine rings is 1. The number of hydrogen-bond donors (Lipinski definition) is 1. The molecule has 1 aliphatic rings. The maximum absolute atomic E-state index is 12.7. The normalized spacial score (nSPS) is 13.6. The van der Waals surface area contributed by atoms with Crippen LogP contribution >= 0.6 is 24.0 Å². The van der Waals surface area contributed by atoms with E-state index in [0.29, 0.717) is 30.3 Å². The van der Waals surface area contributed by atoms with Crippen LogP contribution in [0.25, 0.3) is 11.1 Å². The van der Waals surface area contributed by atoms with Crippen molar-refractivity contribution in [2.45, 2.75) is 52.4 Å². The van der Waals surface area contributed by atoms with E-state index in [1.54, 1.807) is 19.1 Å². The van der Waals surface area contributed by atoms with E-state index in [1.807, 2.05) is 31.2 Å². The van der Waals surface area contributed by atoms with Gasteiger partial charge in [0.15, 0.2) is 0 Å². The number of hydrogen-bond acceptors (Lipinski definition) is 3. The van der Waals surface area contributed by atoms with Gasteiger partial charge in [-0.2, -0.15) is 0 Å². The van der Waals surface area contributed by atoms with Crippen molar-refractivity contribution in [2.75, 3.05) is 13.1 Å². The molecule has 1 aliphatic carbocycles. The van der Waals surface area contributed by atoms with E-state index < -0.39 is 6.36 Å². The lowest BCUT2D eigenvalue weighted by Gasteiger charge is -2.23. The van der Waals surface area contributed by atoms with Gasteiger partial charge in [0.1, 0.15) is 10.8 Å². The van der Waals surface area contributed by atoms with E-state index in [2.05, 4.69) is 26.5 Å². The summed E-state index contributed by atoms with van der Waals surface area (Å²) in [6.07, 6.45) is 0.130. The third-order valence-electron chi connectivity index (χ3n) is 6.77. The fourth-order valence-corrected chi connectivity index (χ4v) is 5.11. The number of rotatable bonds is 7. The van der Waals surface area contributed by atoms with Crippen molar-refractivity contribution in [1.29, 1.82) is 0 Å². The average Bonchev–Trinajstić information content (AvgIpc) is 3.37. The highest BCUT2D eigenvalue weighted by molar-refractivity contribution is 6.31. The molecule has 1 N–H and O–H groups in total. The summed E-state index contributed by atoms with van der Waals surface area (Å²) in [5.41, 5.74) is 4.27. The Labute approximate surface area is 237 Å². The van der Waals surface area contributed by atoms with Gasteiger partial charge in [-0.25, -0.2) is 0 Å². The topological polar surface area (TPSA) is 45.3 Å². The molecule has 0 unspecified atom stereocenters. The number of aryl methyl sites for hydroxylation is 2. The summed E-state index contributed by atoms with van der Waals surface area (Å²) >= 11 is 6.16. The number of ether oxygens (including phenoxy) is 1. The monoisotopic (exact) mass is 578 g/mol. The number of alkyl halides is 3. The molecule has 0 amide bonds. The van der Waals surface area contributed by atoms with Crippen LogP contribution in [0.15, 0.2) is 53.3 Å². The van der Waals surface area contributed by atoms with Gasteiger partial charge in [-0.3, -0.25) is 9.69 Å². The Morgan fingerprint density at radius 2 is 1.67 bits per heavy atom. The molecular formula is C30H31Cl2F3N2O2. The van der Waals surface area contributed by atoms with Crippen LogP contribution in [0, 0.1) is 31.6 Å². The van der Waals surface area contributed by atoms with Gasteiger partial charge in [0.2, 0.25) is 5.43 Å². The molecule has 1 saturated carbocycles. The third-order valence-corrected chi connectivity index (χ3v) is 7.22. The zero-order valence-electron chi connectivity index (χ0n) is 21.8. The van der Waals surface area contributed by atoms with Crippen LogP contribution in [-0.4, -0.2) is 29.3 Å². The largest absolute Gasteiger partial charge is 0.573 e. The number of benzene rings is 2. The van der Waals surface area contributed by atoms with Crippen molar-refractivity contribution >= 4 is 24.0 Å². The molecule has 39 heavy (non-hydrogen) atoms. The highest BCUT2D eigenvalue weighted by Gasteiger charge is 2.31. The lowest BCUT2D eigenvalue weighted by Crippen LogP contribution is -2.28. The lowest BCUT2D eigenvalue weighted by molar-refractivity contribution is -0.274. The van der Waals surface area contributed by atoms with Crippen molar-refractivity contribution in [3.8, 4) is 28.7 Å². The molecule has 0 saturated heterocycles. The first kappa shape index (κ1) is 30.6. The minimum Gasteiger partial charge on any atom is -0.406 e. The van der Waals surface area contributed by atoms with E-state index in [9.17, 15) is 18.0 Å². The molecular weight excluding hydrogens is 548 g/mol. The lowest BCUT2D eigenvalue weighted by atomic mass is 10.0. The van der Waals surface area contributed by atoms with E-state index in [-0.39, 0.29) is 28.6 Å². The number of nitrogens with one attached hydrogen (secondary N) is 1. The summed E-state index contributed by atoms with van der Waals surface area (Å²) in [4.78, 5) is 18.1. The number of H-pyrrole nitrogens is 1. The number of aromatic amines is 1. The second-order valence-electron chi connectivity index (χ2n) is 9.78. The minimum absolute atomic E-state index is 0. The highest BCUT2D eigenvalue weighted by atomic mass is 35.5. The van der Waals surface area contributed by atoms with Crippen molar-refractivity contribution in [3.63, 3.8) is 0 Å². The van der Waals surface area contributed by atoms with Crippen LogP contribution in [0.3, 0.4) is 0 Å². The molecule has 9 heteroatoms. The van der Waals surface area contributed by atoms with Gasteiger partial charge < -0.3 is 9.72 Å². The zero-order chi connectivity index (χ0) is 27.3. The van der Waals surface area contributed by atoms with Gasteiger partial charge in [-0.05, 0) is 68.0 Å². The molecule has 0 spiro atoms. The fraction of sp³-hybridized carbons (Fsp3) is 0.367. The first-order valence-electron chi connectivity index (χ1n) is 12.6. The Kier molecular flexibility index (Phi) is 10.5. The fourth-order valence-electron chi connectivity index (χ4n) is 4.97. The Hall–Kier alpha value is -2.92. The molecule has 0 radical (unpaired) electrons. The number of nitrogens with zero attached hydrogens (tertiary/aromatic N) is 1. The van der Waals surface area contributed by atoms with E-state index >= 15 is 0 Å². The molecule has 3 aromatic rings. The summed E-state index contributed by atoms with van der Waals surface area (Å²) in [6, 6.07) is 13.5. The Balaban J connectivity index is 0.00000420. The van der Waals surface area contributed by atoms with Crippen LogP contribution in [0.2, 0.25) is 5.02 Å². The van der Waals surface area contributed by atoms with Gasteiger partial charge in [0.25, 0.3) is 0 Å². The molecule has 4 rings (SSSR count). The molecule has 0 atom stereocenters. The van der Waals surface area contributed by atoms with E-state index in [0.717, 1.165) is 28.9 Å². The van der Waals surface area contributed by atoms with Crippen molar-refractivity contribution < 1.29 is 17.9 Å². The molecule has 1 fully saturated rings. The molecule has 4 nitrogen and oxygen atoms in total. The van der Waals surface area contributed by atoms with E-state index in [1.165, 1.54) is 37.8 Å². The Bertz CT molecular complexity index is 1370. The van der Waals surface area contributed by atoms with Crippen molar-refractivity contribution in [3.05, 3.63) is 86.3 Å². The van der Waals surface area contributed by atoms with Crippen LogP contribution in [0.1, 0.15) is 48.2 Å². The Morgan fingerprint density at radius 1 is 1.03 bits per heavy atom. The molecule has 1 aromatic heterocycles. The second kappa shape index (κ2) is 13.4. The van der Waals surface area contributed by atoms with Gasteiger partial charge in [-0.1, -0.05) is 60.5 Å². The quantitative estimate of drug-likeness (QED) is 0.292. The summed E-state index contributed by atoms with van der Waals surface area (Å²) < 4.78 is 41.4. The van der Waals surface area contributed by atoms with Crippen LogP contribution in [-0.2, 0) is 6.54 Å². The van der Waals surface area contributed by atoms with Crippen LogP contribution in [0.4, 0.5) is 13.2 Å². The predicted octanol–water partition coefficient (Wildman–Crippen LogP) is 7.68. The maximum Gasteiger partial charge on any atom is 0.573 e. The SMILES string of the molecule is Cc1[nH]c(C)c(-c2ccc(C#CCN(Cc3ccc(OC(F)(F)F)cc3)CC3CCCC3)cc2)c(=O)c1Cl.Cl. The molecule has 208 valence electrons. The molecule has 0 bridgehead atoms. The summed E-state index contributed by atoms with van der Waals surface area (Å²) in [5.74, 6) is 6.83. The number of halogens is 5. The van der Waals surface area contributed by atoms with Crippen molar-refractivity contribution in [2.24, 2.45) is 5.92 Å². The first-order valence-corrected chi connectivity index (χ1v) is 13.0. The van der Waals surface area contributed by atoms with Gasteiger partial charge in [0.05, 0.1) is 6.54 Å². The predicted molar refractivity (Wildman–Crippen MR) is 151 cm³/mol. The third kappa shape index (κ3) is 8.53. The van der Waals surface area contributed by atoms with Gasteiger partial charge in [0, 0.05) is 35.6 Å². The smallest absolute Gasteiger partial charge is 0.406 e. The summed E-state index contributed by atoms with van der Waals surface area (Å²) in [7, 11) is 0. The maximum atomic E-state index is 12.7.